The van der Waals surface area contributed by atoms with Gasteiger partial charge in [-0.3, -0.25) is 4.72 Å². The van der Waals surface area contributed by atoms with Crippen molar-refractivity contribution in [2.24, 2.45) is 5.14 Å². The number of anilines is 1. The molecule has 0 aliphatic heterocycles. The van der Waals surface area contributed by atoms with Crippen LogP contribution >= 0.6 is 11.6 Å². The quantitative estimate of drug-likeness (QED) is 0.647. The Hall–Kier alpha value is -2.40. The van der Waals surface area contributed by atoms with Crippen LogP contribution in [0.5, 0.6) is 0 Å². The van der Waals surface area contributed by atoms with Gasteiger partial charge in [-0.15, -0.1) is 0 Å². The van der Waals surface area contributed by atoms with Gasteiger partial charge in [-0.2, -0.15) is 5.10 Å². The van der Waals surface area contributed by atoms with Crippen LogP contribution in [0.25, 0.3) is 5.69 Å². The minimum Gasteiger partial charge on any atom is -0.277 e. The third kappa shape index (κ3) is 4.30. The fourth-order valence-electron chi connectivity index (χ4n) is 2.34. The van der Waals surface area contributed by atoms with Gasteiger partial charge in [0.1, 0.15) is 0 Å². The molecule has 3 rings (SSSR count). The first-order valence-electron chi connectivity index (χ1n) is 7.53. The van der Waals surface area contributed by atoms with E-state index in [1.807, 2.05) is 6.92 Å². The summed E-state index contributed by atoms with van der Waals surface area (Å²) in [6.45, 7) is 1.82. The first-order chi connectivity index (χ1) is 12.6. The molecule has 0 aliphatic rings. The Labute approximate surface area is 161 Å². The van der Waals surface area contributed by atoms with Crippen molar-refractivity contribution in [3.8, 4) is 5.69 Å². The maximum absolute atomic E-state index is 12.7. The topological polar surface area (TPSA) is 124 Å². The van der Waals surface area contributed by atoms with Crippen molar-refractivity contribution in [1.82, 2.24) is 9.78 Å². The summed E-state index contributed by atoms with van der Waals surface area (Å²) >= 11 is 5.79. The first-order valence-corrected chi connectivity index (χ1v) is 10.9. The van der Waals surface area contributed by atoms with Crippen molar-refractivity contribution in [3.05, 3.63) is 65.4 Å². The van der Waals surface area contributed by atoms with Crippen LogP contribution in [0.2, 0.25) is 5.02 Å². The van der Waals surface area contributed by atoms with Crippen molar-refractivity contribution >= 4 is 37.3 Å². The summed E-state index contributed by atoms with van der Waals surface area (Å²) in [6, 6.07) is 9.41. The molecule has 3 aromatic rings. The molecule has 0 saturated carbocycles. The number of aromatic nitrogens is 2. The Morgan fingerprint density at radius 3 is 2.22 bits per heavy atom. The van der Waals surface area contributed by atoms with Gasteiger partial charge in [0.15, 0.2) is 0 Å². The number of primary sulfonamides is 1. The third-order valence-corrected chi connectivity index (χ3v) is 6.17. The van der Waals surface area contributed by atoms with Gasteiger partial charge in [0.05, 0.1) is 27.4 Å². The van der Waals surface area contributed by atoms with Gasteiger partial charge in [0.25, 0.3) is 10.0 Å². The lowest BCUT2D eigenvalue weighted by Crippen LogP contribution is -2.17. The number of aryl methyl sites for hydroxylation is 1. The summed E-state index contributed by atoms with van der Waals surface area (Å²) in [5.74, 6) is 0. The van der Waals surface area contributed by atoms with E-state index in [1.165, 1.54) is 41.1 Å². The Kier molecular flexibility index (Phi) is 5.00. The average Bonchev–Trinajstić information content (AvgIpc) is 3.00. The van der Waals surface area contributed by atoms with Gasteiger partial charge in [-0.1, -0.05) is 11.6 Å². The fourth-order valence-corrected chi connectivity index (χ4v) is 4.07. The number of sulfonamides is 2. The van der Waals surface area contributed by atoms with E-state index in [-0.39, 0.29) is 15.5 Å². The number of nitrogens with zero attached hydrogens (tertiary/aromatic N) is 2. The lowest BCUT2D eigenvalue weighted by atomic mass is 10.3. The molecule has 142 valence electrons. The summed E-state index contributed by atoms with van der Waals surface area (Å²) in [4.78, 5) is -0.264. The molecule has 1 aromatic heterocycles. The second-order valence-corrected chi connectivity index (χ2v) is 9.43. The number of hydrogen-bond donors (Lipinski definition) is 2. The molecule has 0 bridgehead atoms. The first kappa shape index (κ1) is 19.4. The maximum atomic E-state index is 12.7. The van der Waals surface area contributed by atoms with Gasteiger partial charge in [0.2, 0.25) is 10.0 Å². The second-order valence-electron chi connectivity index (χ2n) is 5.75. The molecule has 3 N–H and O–H groups in total. The molecule has 0 atom stereocenters. The van der Waals surface area contributed by atoms with Crippen LogP contribution in [0.4, 0.5) is 5.69 Å². The van der Waals surface area contributed by atoms with Crippen LogP contribution in [-0.4, -0.2) is 26.6 Å². The minimum atomic E-state index is -4.03. The Bertz CT molecular complexity index is 1200. The number of benzene rings is 2. The maximum Gasteiger partial charge on any atom is 0.261 e. The predicted molar refractivity (Wildman–Crippen MR) is 102 cm³/mol. The highest BCUT2D eigenvalue weighted by molar-refractivity contribution is 7.92. The molecule has 0 saturated heterocycles. The molecule has 11 heteroatoms. The Morgan fingerprint density at radius 1 is 1.04 bits per heavy atom. The van der Waals surface area contributed by atoms with Crippen LogP contribution in [0.1, 0.15) is 5.56 Å². The zero-order valence-electron chi connectivity index (χ0n) is 14.0. The molecule has 0 fully saturated rings. The van der Waals surface area contributed by atoms with Gasteiger partial charge < -0.3 is 0 Å². The molecule has 0 amide bonds. The fraction of sp³-hybridized carbons (Fsp3) is 0.0625. The second kappa shape index (κ2) is 6.97. The minimum absolute atomic E-state index is 0.0135. The average molecular weight is 427 g/mol. The van der Waals surface area contributed by atoms with Gasteiger partial charge >= 0.3 is 0 Å². The molecule has 1 heterocycles. The summed E-state index contributed by atoms with van der Waals surface area (Å²) in [6.07, 6.45) is 3.26. The van der Waals surface area contributed by atoms with E-state index < -0.39 is 20.0 Å². The summed E-state index contributed by atoms with van der Waals surface area (Å²) in [7, 11) is -8.03. The largest absolute Gasteiger partial charge is 0.277 e. The number of nitrogens with one attached hydrogen (secondary N) is 1. The molecule has 27 heavy (non-hydrogen) atoms. The monoisotopic (exact) mass is 426 g/mol. The third-order valence-electron chi connectivity index (χ3n) is 3.62. The zero-order valence-corrected chi connectivity index (χ0v) is 16.4. The predicted octanol–water partition coefficient (Wildman–Crippen LogP) is 2.28. The van der Waals surface area contributed by atoms with E-state index in [0.717, 1.165) is 11.6 Å². The smallest absolute Gasteiger partial charge is 0.261 e. The normalized spacial score (nSPS) is 12.1. The van der Waals surface area contributed by atoms with E-state index in [2.05, 4.69) is 9.82 Å². The van der Waals surface area contributed by atoms with E-state index >= 15 is 0 Å². The summed E-state index contributed by atoms with van der Waals surface area (Å²) in [5, 5.41) is 9.69. The highest BCUT2D eigenvalue weighted by atomic mass is 35.5. The van der Waals surface area contributed by atoms with E-state index in [0.29, 0.717) is 10.7 Å². The Balaban J connectivity index is 2.12. The summed E-state index contributed by atoms with van der Waals surface area (Å²) in [5.41, 5.74) is 1.20. The molecule has 0 aliphatic carbocycles. The van der Waals surface area contributed by atoms with Crippen molar-refractivity contribution < 1.29 is 16.8 Å². The van der Waals surface area contributed by atoms with Crippen LogP contribution < -0.4 is 9.86 Å². The summed E-state index contributed by atoms with van der Waals surface area (Å²) < 4.78 is 52.6. The lowest BCUT2D eigenvalue weighted by Gasteiger charge is -2.14. The lowest BCUT2D eigenvalue weighted by molar-refractivity contribution is 0.596. The highest BCUT2D eigenvalue weighted by Gasteiger charge is 2.19. The van der Waals surface area contributed by atoms with E-state index in [1.54, 1.807) is 12.4 Å². The van der Waals surface area contributed by atoms with Crippen LogP contribution in [0.3, 0.4) is 0 Å². The SMILES string of the molecule is Cc1cnn(-c2ccc(S(N)(=O)=O)cc2NS(=O)(=O)c2ccc(Cl)cc2)c1. The van der Waals surface area contributed by atoms with Gasteiger partial charge in [-0.05, 0) is 55.0 Å². The zero-order chi connectivity index (χ0) is 19.8. The molecule has 8 nitrogen and oxygen atoms in total. The molecular weight excluding hydrogens is 412 g/mol. The number of hydrogen-bond acceptors (Lipinski definition) is 5. The van der Waals surface area contributed by atoms with Crippen molar-refractivity contribution in [2.45, 2.75) is 16.7 Å². The van der Waals surface area contributed by atoms with Gasteiger partial charge in [0, 0.05) is 11.2 Å². The molecule has 0 radical (unpaired) electrons. The van der Waals surface area contributed by atoms with Crippen LogP contribution in [0.15, 0.2) is 64.6 Å². The van der Waals surface area contributed by atoms with Crippen molar-refractivity contribution in [1.29, 1.82) is 0 Å². The Morgan fingerprint density at radius 2 is 1.67 bits per heavy atom. The van der Waals surface area contributed by atoms with Gasteiger partial charge in [-0.25, -0.2) is 26.7 Å². The molecule has 2 aromatic carbocycles. The van der Waals surface area contributed by atoms with Crippen LogP contribution in [0, 0.1) is 6.92 Å². The van der Waals surface area contributed by atoms with Crippen molar-refractivity contribution in [3.63, 3.8) is 0 Å². The molecular formula is C16H15ClN4O4S2. The number of halogens is 1. The van der Waals surface area contributed by atoms with Crippen LogP contribution in [-0.2, 0) is 20.0 Å². The number of nitrogens with two attached hydrogens (primary N) is 1. The highest BCUT2D eigenvalue weighted by Crippen LogP contribution is 2.27. The number of rotatable bonds is 5. The standard InChI is InChI=1S/C16H15ClN4O4S2/c1-11-9-19-21(10-11)16-7-6-14(26(18,22)23)8-15(16)20-27(24,25)13-4-2-12(17)3-5-13/h2-10,20H,1H3,(H2,18,22,23). The molecule has 0 spiro atoms. The van der Waals surface area contributed by atoms with E-state index in [9.17, 15) is 16.8 Å². The molecule has 0 unspecified atom stereocenters. The van der Waals surface area contributed by atoms with Crippen molar-refractivity contribution in [2.75, 3.05) is 4.72 Å². The van der Waals surface area contributed by atoms with E-state index in [4.69, 9.17) is 16.7 Å².